The Morgan fingerprint density at radius 2 is 1.80 bits per heavy atom. The van der Waals surface area contributed by atoms with E-state index in [9.17, 15) is 0 Å². The Kier molecular flexibility index (Phi) is 5.88. The number of hydrogen-bond donors (Lipinski definition) is 1. The number of benzene rings is 1. The molecule has 3 nitrogen and oxygen atoms in total. The number of rotatable bonds is 6. The molecule has 1 unspecified atom stereocenters. The van der Waals surface area contributed by atoms with Crippen molar-refractivity contribution in [3.8, 4) is 11.5 Å². The van der Waals surface area contributed by atoms with E-state index < -0.39 is 0 Å². The van der Waals surface area contributed by atoms with Crippen molar-refractivity contribution >= 4 is 0 Å². The summed E-state index contributed by atoms with van der Waals surface area (Å²) in [5.41, 5.74) is 1.26. The fraction of sp³-hybridized carbons (Fsp3) is 0.647. The lowest BCUT2D eigenvalue weighted by Crippen LogP contribution is -2.44. The SMILES string of the molecule is COc1cc(C)ccc1OC(CNC(C)(C)C)C(C)C. The molecular weight excluding hydrogens is 250 g/mol. The summed E-state index contributed by atoms with van der Waals surface area (Å²) < 4.78 is 11.6. The highest BCUT2D eigenvalue weighted by Crippen LogP contribution is 2.29. The van der Waals surface area contributed by atoms with Crippen LogP contribution >= 0.6 is 0 Å². The van der Waals surface area contributed by atoms with Crippen molar-refractivity contribution in [2.75, 3.05) is 13.7 Å². The maximum absolute atomic E-state index is 6.16. The van der Waals surface area contributed by atoms with Crippen molar-refractivity contribution in [3.63, 3.8) is 0 Å². The van der Waals surface area contributed by atoms with Gasteiger partial charge in [0.1, 0.15) is 6.10 Å². The van der Waals surface area contributed by atoms with Gasteiger partial charge >= 0.3 is 0 Å². The maximum atomic E-state index is 6.16. The first-order valence-electron chi connectivity index (χ1n) is 7.29. The number of aryl methyl sites for hydroxylation is 1. The molecule has 0 aliphatic rings. The van der Waals surface area contributed by atoms with Crippen LogP contribution in [0.25, 0.3) is 0 Å². The molecule has 1 atom stereocenters. The van der Waals surface area contributed by atoms with Crippen LogP contribution in [0.3, 0.4) is 0 Å². The zero-order chi connectivity index (χ0) is 15.3. The van der Waals surface area contributed by atoms with Gasteiger partial charge in [0.15, 0.2) is 11.5 Å². The normalized spacial score (nSPS) is 13.4. The molecule has 0 amide bonds. The minimum atomic E-state index is 0.0911. The van der Waals surface area contributed by atoms with E-state index in [2.05, 4.69) is 39.9 Å². The number of nitrogens with one attached hydrogen (secondary N) is 1. The summed E-state index contributed by atoms with van der Waals surface area (Å²) in [7, 11) is 1.68. The molecule has 0 bridgehead atoms. The lowest BCUT2D eigenvalue weighted by Gasteiger charge is -2.28. The second kappa shape index (κ2) is 6.98. The van der Waals surface area contributed by atoms with Gasteiger partial charge in [0.2, 0.25) is 0 Å². The predicted molar refractivity (Wildman–Crippen MR) is 84.7 cm³/mol. The summed E-state index contributed by atoms with van der Waals surface area (Å²) >= 11 is 0. The first-order valence-corrected chi connectivity index (χ1v) is 7.29. The Morgan fingerprint density at radius 3 is 2.30 bits per heavy atom. The van der Waals surface area contributed by atoms with Gasteiger partial charge in [-0.15, -0.1) is 0 Å². The van der Waals surface area contributed by atoms with E-state index >= 15 is 0 Å². The van der Waals surface area contributed by atoms with Crippen molar-refractivity contribution < 1.29 is 9.47 Å². The predicted octanol–water partition coefficient (Wildman–Crippen LogP) is 3.80. The van der Waals surface area contributed by atoms with Crippen LogP contribution in [0.15, 0.2) is 18.2 Å². The first kappa shape index (κ1) is 16.8. The van der Waals surface area contributed by atoms with Crippen molar-refractivity contribution in [1.29, 1.82) is 0 Å². The second-order valence-electron chi connectivity index (χ2n) is 6.69. The van der Waals surface area contributed by atoms with Crippen LogP contribution in [-0.4, -0.2) is 25.3 Å². The van der Waals surface area contributed by atoms with Gasteiger partial charge in [-0.25, -0.2) is 0 Å². The van der Waals surface area contributed by atoms with Crippen LogP contribution in [0.2, 0.25) is 0 Å². The molecular formula is C17H29NO2. The maximum Gasteiger partial charge on any atom is 0.161 e. The van der Waals surface area contributed by atoms with E-state index in [-0.39, 0.29) is 11.6 Å². The summed E-state index contributed by atoms with van der Waals surface area (Å²) in [5, 5.41) is 3.51. The molecule has 0 saturated carbocycles. The van der Waals surface area contributed by atoms with Crippen molar-refractivity contribution in [2.24, 2.45) is 5.92 Å². The smallest absolute Gasteiger partial charge is 0.161 e. The summed E-state index contributed by atoms with van der Waals surface area (Å²) in [6.45, 7) is 13.7. The van der Waals surface area contributed by atoms with E-state index in [0.717, 1.165) is 18.0 Å². The lowest BCUT2D eigenvalue weighted by molar-refractivity contribution is 0.135. The molecule has 0 saturated heterocycles. The molecule has 1 rings (SSSR count). The third-order valence-electron chi connectivity index (χ3n) is 3.17. The van der Waals surface area contributed by atoms with E-state index in [1.165, 1.54) is 5.56 Å². The Morgan fingerprint density at radius 1 is 1.15 bits per heavy atom. The molecule has 1 aromatic rings. The Bertz CT molecular complexity index is 421. The number of ether oxygens (including phenoxy) is 2. The van der Waals surface area contributed by atoms with Gasteiger partial charge in [0, 0.05) is 12.1 Å². The van der Waals surface area contributed by atoms with Gasteiger partial charge < -0.3 is 14.8 Å². The van der Waals surface area contributed by atoms with E-state index in [1.54, 1.807) is 7.11 Å². The van der Waals surface area contributed by atoms with Crippen molar-refractivity contribution in [3.05, 3.63) is 23.8 Å². The molecule has 1 aromatic carbocycles. The molecule has 0 aromatic heterocycles. The third kappa shape index (κ3) is 5.41. The van der Waals surface area contributed by atoms with Crippen molar-refractivity contribution in [2.45, 2.75) is 53.2 Å². The molecule has 0 fully saturated rings. The summed E-state index contributed by atoms with van der Waals surface area (Å²) in [6.07, 6.45) is 0.117. The molecule has 0 heterocycles. The molecule has 1 N–H and O–H groups in total. The highest BCUT2D eigenvalue weighted by Gasteiger charge is 2.20. The van der Waals surface area contributed by atoms with E-state index in [4.69, 9.17) is 9.47 Å². The second-order valence-corrected chi connectivity index (χ2v) is 6.69. The van der Waals surface area contributed by atoms with E-state index in [0.29, 0.717) is 5.92 Å². The Hall–Kier alpha value is -1.22. The highest BCUT2D eigenvalue weighted by atomic mass is 16.5. The van der Waals surface area contributed by atoms with Crippen LogP contribution in [0.1, 0.15) is 40.2 Å². The topological polar surface area (TPSA) is 30.5 Å². The van der Waals surface area contributed by atoms with Gasteiger partial charge in [-0.1, -0.05) is 19.9 Å². The average Bonchev–Trinajstić information content (AvgIpc) is 2.34. The molecule has 3 heteroatoms. The molecule has 0 radical (unpaired) electrons. The lowest BCUT2D eigenvalue weighted by atomic mass is 10.0. The van der Waals surface area contributed by atoms with Crippen LogP contribution in [0.5, 0.6) is 11.5 Å². The molecule has 0 aliphatic heterocycles. The molecule has 114 valence electrons. The quantitative estimate of drug-likeness (QED) is 0.859. The van der Waals surface area contributed by atoms with Crippen molar-refractivity contribution in [1.82, 2.24) is 5.32 Å². The zero-order valence-corrected chi connectivity index (χ0v) is 13.9. The van der Waals surface area contributed by atoms with Gasteiger partial charge in [-0.3, -0.25) is 0 Å². The number of hydrogen-bond acceptors (Lipinski definition) is 3. The van der Waals surface area contributed by atoms with Gasteiger partial charge in [0.05, 0.1) is 7.11 Å². The minimum Gasteiger partial charge on any atom is -0.493 e. The first-order chi connectivity index (χ1) is 9.23. The third-order valence-corrected chi connectivity index (χ3v) is 3.17. The van der Waals surface area contributed by atoms with Crippen LogP contribution in [-0.2, 0) is 0 Å². The highest BCUT2D eigenvalue weighted by molar-refractivity contribution is 5.42. The Labute approximate surface area is 123 Å². The standard InChI is InChI=1S/C17H29NO2/c1-12(2)16(11-18-17(4,5)6)20-14-9-8-13(3)10-15(14)19-7/h8-10,12,16,18H,11H2,1-7H3. The van der Waals surface area contributed by atoms with Gasteiger partial charge in [-0.05, 0) is 51.3 Å². The molecule has 0 spiro atoms. The Balaban J connectivity index is 2.80. The largest absolute Gasteiger partial charge is 0.493 e. The summed E-state index contributed by atoms with van der Waals surface area (Å²) in [4.78, 5) is 0. The monoisotopic (exact) mass is 279 g/mol. The van der Waals surface area contributed by atoms with Crippen LogP contribution in [0, 0.1) is 12.8 Å². The minimum absolute atomic E-state index is 0.0911. The van der Waals surface area contributed by atoms with Gasteiger partial charge in [-0.2, -0.15) is 0 Å². The fourth-order valence-electron chi connectivity index (χ4n) is 1.86. The van der Waals surface area contributed by atoms with E-state index in [1.807, 2.05) is 25.1 Å². The number of methoxy groups -OCH3 is 1. The molecule has 20 heavy (non-hydrogen) atoms. The van der Waals surface area contributed by atoms with Crippen LogP contribution in [0.4, 0.5) is 0 Å². The summed E-state index contributed by atoms with van der Waals surface area (Å²) in [5.74, 6) is 2.04. The summed E-state index contributed by atoms with van der Waals surface area (Å²) in [6, 6.07) is 6.04. The zero-order valence-electron chi connectivity index (χ0n) is 13.9. The molecule has 0 aliphatic carbocycles. The fourth-order valence-corrected chi connectivity index (χ4v) is 1.86. The van der Waals surface area contributed by atoms with Crippen LogP contribution < -0.4 is 14.8 Å². The van der Waals surface area contributed by atoms with Gasteiger partial charge in [0.25, 0.3) is 0 Å². The average molecular weight is 279 g/mol.